The van der Waals surface area contributed by atoms with Crippen molar-refractivity contribution in [2.45, 2.75) is 18.9 Å². The average molecular weight is 237 g/mol. The maximum Gasteiger partial charge on any atom is 0.254 e. The molecule has 0 aliphatic heterocycles. The summed E-state index contributed by atoms with van der Waals surface area (Å²) in [5.41, 5.74) is 0.591. The van der Waals surface area contributed by atoms with Gasteiger partial charge in [0.15, 0.2) is 0 Å². The Hall–Kier alpha value is -1.35. The fourth-order valence-electron chi connectivity index (χ4n) is 1.62. The van der Waals surface area contributed by atoms with E-state index in [1.54, 1.807) is 24.4 Å². The van der Waals surface area contributed by atoms with Crippen LogP contribution in [0.25, 0.3) is 0 Å². The minimum Gasteiger partial charge on any atom is -0.332 e. The van der Waals surface area contributed by atoms with Crippen molar-refractivity contribution in [3.05, 3.63) is 41.7 Å². The van der Waals surface area contributed by atoms with E-state index in [9.17, 15) is 4.79 Å². The van der Waals surface area contributed by atoms with Gasteiger partial charge in [-0.3, -0.25) is 4.79 Å². The summed E-state index contributed by atoms with van der Waals surface area (Å²) in [7, 11) is 0. The van der Waals surface area contributed by atoms with Gasteiger partial charge in [0.25, 0.3) is 5.91 Å². The molecule has 0 saturated heterocycles. The van der Waals surface area contributed by atoms with Gasteiger partial charge in [-0.15, -0.1) is 6.58 Å². The van der Waals surface area contributed by atoms with Crippen molar-refractivity contribution in [2.75, 3.05) is 6.54 Å². The molecule has 1 aliphatic rings. The standard InChI is InChI=1S/C12H13ClN2O/c1-2-7-15(10-3-4-10)12(16)9-5-6-14-11(13)8-9/h2,5-6,8,10H,1,3-4,7H2. The summed E-state index contributed by atoms with van der Waals surface area (Å²) >= 11 is 5.76. The lowest BCUT2D eigenvalue weighted by Gasteiger charge is -2.20. The van der Waals surface area contributed by atoms with Crippen LogP contribution in [0.5, 0.6) is 0 Å². The molecule has 16 heavy (non-hydrogen) atoms. The predicted molar refractivity (Wildman–Crippen MR) is 63.5 cm³/mol. The van der Waals surface area contributed by atoms with E-state index in [2.05, 4.69) is 11.6 Å². The number of pyridine rings is 1. The van der Waals surface area contributed by atoms with Crippen LogP contribution in [-0.2, 0) is 0 Å². The molecule has 0 radical (unpaired) electrons. The predicted octanol–water partition coefficient (Wildman–Crippen LogP) is 2.53. The monoisotopic (exact) mass is 236 g/mol. The molecule has 1 saturated carbocycles. The normalized spacial score (nSPS) is 14.6. The number of aromatic nitrogens is 1. The number of carbonyl (C=O) groups excluding carboxylic acids is 1. The van der Waals surface area contributed by atoms with Crippen molar-refractivity contribution in [1.82, 2.24) is 9.88 Å². The SMILES string of the molecule is C=CCN(C(=O)c1ccnc(Cl)c1)C1CC1. The maximum atomic E-state index is 12.2. The van der Waals surface area contributed by atoms with E-state index in [1.165, 1.54) is 0 Å². The number of hydrogen-bond acceptors (Lipinski definition) is 2. The summed E-state index contributed by atoms with van der Waals surface area (Å²) in [6, 6.07) is 3.66. The quantitative estimate of drug-likeness (QED) is 0.595. The number of hydrogen-bond donors (Lipinski definition) is 0. The highest BCUT2D eigenvalue weighted by atomic mass is 35.5. The second-order valence-corrected chi connectivity index (χ2v) is 4.23. The smallest absolute Gasteiger partial charge is 0.254 e. The molecule has 3 nitrogen and oxygen atoms in total. The lowest BCUT2D eigenvalue weighted by atomic mass is 10.2. The largest absolute Gasteiger partial charge is 0.332 e. The first-order chi connectivity index (χ1) is 7.72. The van der Waals surface area contributed by atoms with Crippen LogP contribution in [0, 0.1) is 0 Å². The Kier molecular flexibility index (Phi) is 3.25. The van der Waals surface area contributed by atoms with Crippen LogP contribution in [0.2, 0.25) is 5.15 Å². The molecule has 0 unspecified atom stereocenters. The van der Waals surface area contributed by atoms with E-state index >= 15 is 0 Å². The third-order valence-corrected chi connectivity index (χ3v) is 2.75. The first-order valence-corrected chi connectivity index (χ1v) is 5.63. The highest BCUT2D eigenvalue weighted by Crippen LogP contribution is 2.28. The van der Waals surface area contributed by atoms with Crippen molar-refractivity contribution >= 4 is 17.5 Å². The molecule has 0 bridgehead atoms. The van der Waals surface area contributed by atoms with Crippen molar-refractivity contribution in [3.63, 3.8) is 0 Å². The van der Waals surface area contributed by atoms with Crippen LogP contribution < -0.4 is 0 Å². The van der Waals surface area contributed by atoms with Gasteiger partial charge in [0, 0.05) is 24.3 Å². The van der Waals surface area contributed by atoms with Crippen LogP contribution in [0.15, 0.2) is 31.0 Å². The minimum absolute atomic E-state index is 0.00620. The van der Waals surface area contributed by atoms with Crippen molar-refractivity contribution in [3.8, 4) is 0 Å². The second kappa shape index (κ2) is 4.66. The molecular weight excluding hydrogens is 224 g/mol. The molecule has 0 aromatic carbocycles. The molecule has 1 aliphatic carbocycles. The van der Waals surface area contributed by atoms with Crippen molar-refractivity contribution < 1.29 is 4.79 Å². The van der Waals surface area contributed by atoms with Gasteiger partial charge in [-0.1, -0.05) is 17.7 Å². The summed E-state index contributed by atoms with van der Waals surface area (Å²) in [4.78, 5) is 17.9. The number of rotatable bonds is 4. The minimum atomic E-state index is 0.00620. The Morgan fingerprint density at radius 2 is 2.44 bits per heavy atom. The summed E-state index contributed by atoms with van der Waals surface area (Å²) in [5, 5.41) is 0.347. The maximum absolute atomic E-state index is 12.2. The van der Waals surface area contributed by atoms with Crippen LogP contribution in [0.1, 0.15) is 23.2 Å². The molecule has 0 N–H and O–H groups in total. The molecule has 84 valence electrons. The molecule has 1 aromatic heterocycles. The van der Waals surface area contributed by atoms with Gasteiger partial charge in [-0.25, -0.2) is 4.98 Å². The molecular formula is C12H13ClN2O. The van der Waals surface area contributed by atoms with E-state index in [1.807, 2.05) is 4.90 Å². The third-order valence-electron chi connectivity index (χ3n) is 2.55. The molecule has 1 aromatic rings. The fraction of sp³-hybridized carbons (Fsp3) is 0.333. The fourth-order valence-corrected chi connectivity index (χ4v) is 1.80. The Labute approximate surface area is 99.7 Å². The van der Waals surface area contributed by atoms with Crippen LogP contribution in [0.4, 0.5) is 0 Å². The molecule has 1 heterocycles. The summed E-state index contributed by atoms with van der Waals surface area (Å²) in [5.74, 6) is 0.00620. The van der Waals surface area contributed by atoms with Gasteiger partial charge >= 0.3 is 0 Å². The Balaban J connectivity index is 2.18. The van der Waals surface area contributed by atoms with Gasteiger partial charge in [-0.05, 0) is 25.0 Å². The molecule has 4 heteroatoms. The van der Waals surface area contributed by atoms with Crippen molar-refractivity contribution in [1.29, 1.82) is 0 Å². The zero-order chi connectivity index (χ0) is 11.5. The highest BCUT2D eigenvalue weighted by Gasteiger charge is 2.32. The zero-order valence-electron chi connectivity index (χ0n) is 8.90. The first-order valence-electron chi connectivity index (χ1n) is 5.26. The molecule has 2 rings (SSSR count). The van der Waals surface area contributed by atoms with Crippen LogP contribution in [0.3, 0.4) is 0 Å². The molecule has 1 amide bonds. The summed E-state index contributed by atoms with van der Waals surface area (Å²) in [6.07, 6.45) is 5.46. The average Bonchev–Trinajstić information content (AvgIpc) is 3.09. The molecule has 0 atom stereocenters. The number of halogens is 1. The van der Waals surface area contributed by atoms with Crippen LogP contribution >= 0.6 is 11.6 Å². The van der Waals surface area contributed by atoms with E-state index in [-0.39, 0.29) is 5.91 Å². The Bertz CT molecular complexity index is 415. The third kappa shape index (κ3) is 2.42. The first kappa shape index (κ1) is 11.1. The summed E-state index contributed by atoms with van der Waals surface area (Å²) < 4.78 is 0. The lowest BCUT2D eigenvalue weighted by Crippen LogP contribution is -2.33. The number of amides is 1. The molecule has 1 fully saturated rings. The second-order valence-electron chi connectivity index (χ2n) is 3.84. The zero-order valence-corrected chi connectivity index (χ0v) is 9.65. The van der Waals surface area contributed by atoms with Gasteiger partial charge in [-0.2, -0.15) is 0 Å². The van der Waals surface area contributed by atoms with Crippen LogP contribution in [-0.4, -0.2) is 28.4 Å². The topological polar surface area (TPSA) is 33.2 Å². The van der Waals surface area contributed by atoms with Gasteiger partial charge in [0.2, 0.25) is 0 Å². The van der Waals surface area contributed by atoms with Gasteiger partial charge < -0.3 is 4.90 Å². The summed E-state index contributed by atoms with van der Waals surface area (Å²) in [6.45, 7) is 4.26. The van der Waals surface area contributed by atoms with E-state index in [0.717, 1.165) is 12.8 Å². The number of carbonyl (C=O) groups is 1. The van der Waals surface area contributed by atoms with E-state index in [4.69, 9.17) is 11.6 Å². The van der Waals surface area contributed by atoms with Crippen molar-refractivity contribution in [2.24, 2.45) is 0 Å². The van der Waals surface area contributed by atoms with E-state index < -0.39 is 0 Å². The van der Waals surface area contributed by atoms with E-state index in [0.29, 0.717) is 23.3 Å². The highest BCUT2D eigenvalue weighted by molar-refractivity contribution is 6.29. The Morgan fingerprint density at radius 3 is 3.00 bits per heavy atom. The lowest BCUT2D eigenvalue weighted by molar-refractivity contribution is 0.0762. The Morgan fingerprint density at radius 1 is 1.69 bits per heavy atom. The number of nitrogens with zero attached hydrogens (tertiary/aromatic N) is 2. The van der Waals surface area contributed by atoms with Gasteiger partial charge in [0.1, 0.15) is 5.15 Å². The molecule has 0 spiro atoms. The van der Waals surface area contributed by atoms with Gasteiger partial charge in [0.05, 0.1) is 0 Å².